The minimum absolute atomic E-state index is 0.0457. The number of hydrogen-bond donors (Lipinski definition) is 1. The molecule has 2 aromatic rings. The molecule has 0 aromatic heterocycles. The first-order valence-electron chi connectivity index (χ1n) is 15.7. The van der Waals surface area contributed by atoms with Crippen molar-refractivity contribution in [1.29, 1.82) is 0 Å². The van der Waals surface area contributed by atoms with Crippen LogP contribution in [0.15, 0.2) is 77.5 Å². The second-order valence-electron chi connectivity index (χ2n) is 12.9. The number of aliphatic hydroxyl groups excluding tert-OH is 1. The molecule has 5 aliphatic rings. The summed E-state index contributed by atoms with van der Waals surface area (Å²) in [6.07, 6.45) is 12.5. The second-order valence-corrected chi connectivity index (χ2v) is 17.2. The molecule has 7 nitrogen and oxygen atoms in total. The summed E-state index contributed by atoms with van der Waals surface area (Å²) in [6.45, 7) is 9.31. The minimum Gasteiger partial charge on any atom is -0.392 e. The maximum Gasteiger partial charge on any atom is 0.253 e. The third-order valence-corrected chi connectivity index (χ3v) is 13.4. The van der Waals surface area contributed by atoms with Crippen molar-refractivity contribution in [2.45, 2.75) is 45.4 Å². The van der Waals surface area contributed by atoms with E-state index in [1.165, 1.54) is 62.8 Å². The van der Waals surface area contributed by atoms with Crippen molar-refractivity contribution >= 4 is 47.8 Å². The molecule has 0 unspecified atom stereocenters. The quantitative estimate of drug-likeness (QED) is 0.214. The van der Waals surface area contributed by atoms with Crippen LogP contribution >= 0.6 is 0 Å². The highest BCUT2D eigenvalue weighted by Crippen LogP contribution is 2.43. The number of imide groups is 1. The lowest BCUT2D eigenvalue weighted by molar-refractivity contribution is -0.582. The van der Waals surface area contributed by atoms with Gasteiger partial charge < -0.3 is 10.0 Å². The van der Waals surface area contributed by atoms with Gasteiger partial charge in [0, 0.05) is 61.6 Å². The average molecular weight is 605 g/mol. The van der Waals surface area contributed by atoms with Crippen LogP contribution in [-0.2, 0) is 16.2 Å². The topological polar surface area (TPSA) is 80.9 Å². The van der Waals surface area contributed by atoms with Crippen LogP contribution in [0.25, 0.3) is 5.57 Å². The highest BCUT2D eigenvalue weighted by atomic mass is 28.3. The Morgan fingerprint density at radius 1 is 0.932 bits per heavy atom. The van der Waals surface area contributed by atoms with E-state index in [2.05, 4.69) is 59.0 Å². The number of allylic oxidation sites excluding steroid dienone is 5. The van der Waals surface area contributed by atoms with Crippen LogP contribution in [0.5, 0.6) is 0 Å². The molecule has 4 heterocycles. The van der Waals surface area contributed by atoms with E-state index in [1.807, 2.05) is 12.1 Å². The Morgan fingerprint density at radius 3 is 2.36 bits per heavy atom. The van der Waals surface area contributed by atoms with Gasteiger partial charge in [0.2, 0.25) is 0 Å². The van der Waals surface area contributed by atoms with Crippen LogP contribution in [0.3, 0.4) is 0 Å². The summed E-state index contributed by atoms with van der Waals surface area (Å²) in [5.41, 5.74) is 8.23. The fraction of sp³-hybridized carbons (Fsp3) is 0.333. The summed E-state index contributed by atoms with van der Waals surface area (Å²) in [7, 11) is -2.11. The highest BCUT2D eigenvalue weighted by molar-refractivity contribution is 6.98. The van der Waals surface area contributed by atoms with Gasteiger partial charge >= 0.3 is 0 Å². The van der Waals surface area contributed by atoms with Crippen molar-refractivity contribution in [3.8, 4) is 0 Å². The van der Waals surface area contributed by atoms with Crippen LogP contribution in [0.1, 0.15) is 52.7 Å². The van der Waals surface area contributed by atoms with Crippen LogP contribution in [0.2, 0.25) is 13.1 Å². The lowest BCUT2D eigenvalue weighted by atomic mass is 9.85. The van der Waals surface area contributed by atoms with Crippen molar-refractivity contribution in [2.24, 2.45) is 0 Å². The second kappa shape index (κ2) is 11.1. The molecule has 0 radical (unpaired) electrons. The Morgan fingerprint density at radius 2 is 1.70 bits per heavy atom. The standard InChI is InChI=1S/C36H38N3O4Si/c1-44(2)32-21-26(37-15-4-16-37)9-11-28(32)36(29-12-10-27(22-33(29)44)38-17-5-18-38)30-20-24(7-8-25(30)23-40)31(41)6-3-19-39-34(42)13-14-35(39)43/h7-14,20-22,40H,3-6,15-19,23H2,1-2H3/q+1. The van der Waals surface area contributed by atoms with Gasteiger partial charge in [-0.2, -0.15) is 0 Å². The van der Waals surface area contributed by atoms with Gasteiger partial charge in [-0.25, -0.2) is 4.58 Å². The molecule has 2 aromatic carbocycles. The molecule has 4 aliphatic heterocycles. The minimum atomic E-state index is -2.11. The summed E-state index contributed by atoms with van der Waals surface area (Å²) >= 11 is 0. The van der Waals surface area contributed by atoms with Gasteiger partial charge in [-0.05, 0) is 75.3 Å². The van der Waals surface area contributed by atoms with Crippen LogP contribution in [0.4, 0.5) is 5.69 Å². The predicted octanol–water partition coefficient (Wildman–Crippen LogP) is 3.90. The summed E-state index contributed by atoms with van der Waals surface area (Å²) < 4.78 is 2.44. The van der Waals surface area contributed by atoms with Crippen molar-refractivity contribution in [3.05, 3.63) is 99.8 Å². The van der Waals surface area contributed by atoms with Crippen molar-refractivity contribution in [1.82, 2.24) is 4.90 Å². The van der Waals surface area contributed by atoms with Crippen LogP contribution < -0.4 is 10.1 Å². The molecule has 224 valence electrons. The Labute approximate surface area is 259 Å². The summed E-state index contributed by atoms with van der Waals surface area (Å²) in [5.74, 6) is -0.705. The number of carbonyl (C=O) groups excluding carboxylic acids is 3. The van der Waals surface area contributed by atoms with Crippen molar-refractivity contribution in [3.63, 3.8) is 0 Å². The molecule has 2 amide bonds. The Hall–Kier alpha value is -4.14. The SMILES string of the molecule is C[Si]1(C)C2=CC(=[N+]3CCC3)C=CC2=C(c2cc(C(=O)CCCN3C(=O)C=CC3=O)ccc2CO)c2ccc(N3CCC3)cc21. The number of carbonyl (C=O) groups is 3. The molecular formula is C36H38N3O4Si+. The summed E-state index contributed by atoms with van der Waals surface area (Å²) in [5, 5.41) is 13.3. The number of Topliss-reactive ketones (excluding diaryl/α,β-unsaturated/α-hetero) is 1. The molecule has 0 saturated carbocycles. The molecule has 0 atom stereocenters. The zero-order valence-electron chi connectivity index (χ0n) is 25.4. The predicted molar refractivity (Wildman–Crippen MR) is 175 cm³/mol. The molecule has 2 saturated heterocycles. The third-order valence-electron chi connectivity index (χ3n) is 9.89. The molecule has 2 fully saturated rings. The van der Waals surface area contributed by atoms with Gasteiger partial charge in [-0.3, -0.25) is 19.3 Å². The van der Waals surface area contributed by atoms with Gasteiger partial charge in [0.05, 0.1) is 13.0 Å². The van der Waals surface area contributed by atoms with E-state index in [-0.39, 0.29) is 37.2 Å². The fourth-order valence-electron chi connectivity index (χ4n) is 6.97. The Kier molecular flexibility index (Phi) is 7.21. The van der Waals surface area contributed by atoms with E-state index in [0.29, 0.717) is 12.0 Å². The van der Waals surface area contributed by atoms with Crippen molar-refractivity contribution < 1.29 is 24.1 Å². The molecule has 1 aliphatic carbocycles. The van der Waals surface area contributed by atoms with E-state index in [9.17, 15) is 19.5 Å². The molecular weight excluding hydrogens is 566 g/mol. The first kappa shape index (κ1) is 28.6. The monoisotopic (exact) mass is 604 g/mol. The van der Waals surface area contributed by atoms with E-state index >= 15 is 0 Å². The van der Waals surface area contributed by atoms with Gasteiger partial charge in [-0.15, -0.1) is 0 Å². The van der Waals surface area contributed by atoms with Crippen LogP contribution in [-0.4, -0.2) is 78.7 Å². The lowest BCUT2D eigenvalue weighted by Crippen LogP contribution is -2.50. The normalized spacial score (nSPS) is 20.0. The number of benzene rings is 2. The first-order valence-corrected chi connectivity index (χ1v) is 18.7. The lowest BCUT2D eigenvalue weighted by Gasteiger charge is -2.40. The molecule has 44 heavy (non-hydrogen) atoms. The Bertz CT molecular complexity index is 1750. The van der Waals surface area contributed by atoms with Gasteiger partial charge in [-0.1, -0.05) is 31.3 Å². The molecule has 0 bridgehead atoms. The number of fused-ring (bicyclic) bond motifs is 2. The molecule has 0 spiro atoms. The van der Waals surface area contributed by atoms with E-state index < -0.39 is 8.07 Å². The molecule has 8 heteroatoms. The smallest absolute Gasteiger partial charge is 0.253 e. The molecule has 1 N–H and O–H groups in total. The number of ketones is 1. The summed E-state index contributed by atoms with van der Waals surface area (Å²) in [6, 6.07) is 12.5. The average Bonchev–Trinajstić information content (AvgIpc) is 3.28. The van der Waals surface area contributed by atoms with Crippen LogP contribution in [0, 0.1) is 0 Å². The summed E-state index contributed by atoms with van der Waals surface area (Å²) in [4.78, 5) is 40.9. The van der Waals surface area contributed by atoms with E-state index in [4.69, 9.17) is 0 Å². The highest BCUT2D eigenvalue weighted by Gasteiger charge is 2.41. The van der Waals surface area contributed by atoms with Gasteiger partial charge in [0.25, 0.3) is 11.8 Å². The van der Waals surface area contributed by atoms with Crippen molar-refractivity contribution in [2.75, 3.05) is 37.6 Å². The maximum atomic E-state index is 13.4. The number of nitrogens with zero attached hydrogens (tertiary/aromatic N) is 3. The third kappa shape index (κ3) is 4.77. The maximum absolute atomic E-state index is 13.4. The fourth-order valence-corrected chi connectivity index (χ4v) is 10.0. The van der Waals surface area contributed by atoms with E-state index in [1.54, 1.807) is 6.07 Å². The zero-order valence-corrected chi connectivity index (χ0v) is 26.4. The van der Waals surface area contributed by atoms with E-state index in [0.717, 1.165) is 42.9 Å². The number of amides is 2. The molecule has 7 rings (SSSR count). The zero-order chi connectivity index (χ0) is 30.6. The number of aliphatic hydroxyl groups is 1. The van der Waals surface area contributed by atoms with Gasteiger partial charge in [0.1, 0.15) is 21.2 Å². The van der Waals surface area contributed by atoms with Gasteiger partial charge in [0.15, 0.2) is 11.5 Å². The number of rotatable bonds is 8. The number of anilines is 1. The largest absolute Gasteiger partial charge is 0.392 e. The Balaban J connectivity index is 1.31. The number of hydrogen-bond acceptors (Lipinski definition) is 5. The first-order chi connectivity index (χ1) is 21.3.